The summed E-state index contributed by atoms with van der Waals surface area (Å²) in [5.41, 5.74) is 0. The number of carbonyl (C=O) groups excluding carboxylic acids is 2. The van der Waals surface area contributed by atoms with Gasteiger partial charge in [-0.1, -0.05) is 0 Å². The number of ether oxygens (including phenoxy) is 4. The monoisotopic (exact) mass is 235 g/mol. The number of hydrogen-bond acceptors (Lipinski definition) is 6. The Balaban J connectivity index is 3.63. The summed E-state index contributed by atoms with van der Waals surface area (Å²) in [6.07, 6.45) is -1.76. The maximum Gasteiger partial charge on any atom is 0.620 e. The van der Waals surface area contributed by atoms with Crippen molar-refractivity contribution in [2.75, 3.05) is 40.6 Å². The Morgan fingerprint density at radius 2 is 1.56 bits per heavy atom. The first-order valence-electron chi connectivity index (χ1n) is 4.48. The van der Waals surface area contributed by atoms with Crippen molar-refractivity contribution < 1.29 is 33.7 Å². The van der Waals surface area contributed by atoms with Gasteiger partial charge in [0, 0.05) is 14.2 Å². The summed E-state index contributed by atoms with van der Waals surface area (Å²) >= 11 is 0. The third kappa shape index (κ3) is 9.03. The molecule has 0 bridgehead atoms. The molecule has 0 unspecified atom stereocenters. The Bertz CT molecular complexity index is 219. The predicted molar refractivity (Wildman–Crippen MR) is 49.8 cm³/mol. The molecule has 16 heavy (non-hydrogen) atoms. The van der Waals surface area contributed by atoms with Crippen LogP contribution in [0.15, 0.2) is 5.11 Å². The van der Waals surface area contributed by atoms with E-state index in [2.05, 4.69) is 24.1 Å². The van der Waals surface area contributed by atoms with Crippen molar-refractivity contribution in [1.29, 1.82) is 0 Å². The normalized spacial score (nSPS) is 10.4. The number of amides is 2. The third-order valence-electron chi connectivity index (χ3n) is 1.27. The molecule has 0 saturated heterocycles. The highest BCUT2D eigenvalue weighted by molar-refractivity contribution is 5.67. The van der Waals surface area contributed by atoms with Crippen molar-refractivity contribution in [2.45, 2.75) is 0 Å². The maximum atomic E-state index is 10.8. The molecule has 1 N–H and O–H groups in total. The average Bonchev–Trinajstić information content (AvgIpc) is 2.27. The molecule has 92 valence electrons. The van der Waals surface area contributed by atoms with Gasteiger partial charge in [0.1, 0.15) is 13.2 Å². The molecule has 0 atom stereocenters. The summed E-state index contributed by atoms with van der Waals surface area (Å²) in [6.45, 7) is 0.682. The smallest absolute Gasteiger partial charge is 0.442 e. The fraction of sp³-hybridized carbons (Fsp3) is 0.750. The van der Waals surface area contributed by atoms with Crippen molar-refractivity contribution in [3.8, 4) is 0 Å². The van der Waals surface area contributed by atoms with Crippen LogP contribution in [0, 0.1) is 0 Å². The number of hydrogen-bond donors (Lipinski definition) is 1. The molecule has 0 aliphatic rings. The molecule has 0 aromatic heterocycles. The van der Waals surface area contributed by atoms with Crippen LogP contribution < -0.4 is 5.11 Å². The Morgan fingerprint density at radius 3 is 2.12 bits per heavy atom. The van der Waals surface area contributed by atoms with Crippen molar-refractivity contribution in [1.82, 2.24) is 0 Å². The molecule has 0 aromatic rings. The summed E-state index contributed by atoms with van der Waals surface area (Å²) in [7, 11) is 2.94. The molecule has 8 heteroatoms. The largest absolute Gasteiger partial charge is 0.620 e. The Morgan fingerprint density at radius 1 is 1.00 bits per heavy atom. The molecular weight excluding hydrogens is 220 g/mol. The van der Waals surface area contributed by atoms with Crippen LogP contribution in [0.1, 0.15) is 0 Å². The van der Waals surface area contributed by atoms with Crippen LogP contribution in [0.5, 0.6) is 0 Å². The summed E-state index contributed by atoms with van der Waals surface area (Å²) in [6, 6.07) is 0. The van der Waals surface area contributed by atoms with Crippen LogP contribution in [0.4, 0.5) is 9.59 Å². The molecule has 8 nitrogen and oxygen atoms in total. The SMILES string of the molecule is COCCOC(=O)/N=[NH+]/C(=O)OCCOC. The second kappa shape index (κ2) is 9.99. The van der Waals surface area contributed by atoms with Gasteiger partial charge in [0.25, 0.3) is 0 Å². The van der Waals surface area contributed by atoms with Gasteiger partial charge >= 0.3 is 12.2 Å². The minimum absolute atomic E-state index is 0.0687. The predicted octanol–water partition coefficient (Wildman–Crippen LogP) is -0.915. The van der Waals surface area contributed by atoms with E-state index in [9.17, 15) is 9.59 Å². The quantitative estimate of drug-likeness (QED) is 0.472. The summed E-state index contributed by atoms with van der Waals surface area (Å²) in [5, 5.41) is 4.95. The lowest BCUT2D eigenvalue weighted by atomic mass is 10.8. The molecule has 0 aromatic carbocycles. The fourth-order valence-corrected chi connectivity index (χ4v) is 0.586. The van der Waals surface area contributed by atoms with Gasteiger partial charge in [-0.15, -0.1) is 0 Å². The molecule has 0 spiro atoms. The van der Waals surface area contributed by atoms with Crippen LogP contribution in [0.25, 0.3) is 0 Å². The molecule has 0 radical (unpaired) electrons. The topological polar surface area (TPSA) is 97.4 Å². The van der Waals surface area contributed by atoms with E-state index in [0.717, 1.165) is 0 Å². The van der Waals surface area contributed by atoms with Crippen molar-refractivity contribution in [2.24, 2.45) is 5.11 Å². The van der Waals surface area contributed by atoms with Crippen molar-refractivity contribution >= 4 is 12.2 Å². The van der Waals surface area contributed by atoms with Gasteiger partial charge in [-0.25, -0.2) is 4.79 Å². The van der Waals surface area contributed by atoms with E-state index in [-0.39, 0.29) is 26.4 Å². The first-order chi connectivity index (χ1) is 7.70. The number of nitrogens with one attached hydrogen (secondary N) is 1. The van der Waals surface area contributed by atoms with E-state index in [0.29, 0.717) is 0 Å². The van der Waals surface area contributed by atoms with Crippen LogP contribution in [-0.4, -0.2) is 52.8 Å². The minimum Gasteiger partial charge on any atom is -0.442 e. The standard InChI is InChI=1S/C8H14N2O6/c1-13-3-5-15-7(11)9-10-8(12)16-6-4-14-2/h3-6H2,1-2H3/p+1/b10-9+. The lowest BCUT2D eigenvalue weighted by molar-refractivity contribution is -0.441. The summed E-state index contributed by atoms with van der Waals surface area (Å²) < 4.78 is 18.4. The average molecular weight is 235 g/mol. The molecule has 0 fully saturated rings. The van der Waals surface area contributed by atoms with Crippen LogP contribution in [-0.2, 0) is 18.9 Å². The molecule has 0 aliphatic heterocycles. The zero-order valence-electron chi connectivity index (χ0n) is 9.23. The lowest BCUT2D eigenvalue weighted by Crippen LogP contribution is -2.71. The minimum atomic E-state index is -0.916. The molecule has 0 aliphatic carbocycles. The van der Waals surface area contributed by atoms with Gasteiger partial charge in [-0.2, -0.15) is 4.79 Å². The Kier molecular flexibility index (Phi) is 9.03. The highest BCUT2D eigenvalue weighted by Gasteiger charge is 2.10. The number of azo groups is 1. The first kappa shape index (κ1) is 14.5. The zero-order valence-corrected chi connectivity index (χ0v) is 9.23. The van der Waals surface area contributed by atoms with Crippen LogP contribution >= 0.6 is 0 Å². The number of carbonyl (C=O) groups is 2. The van der Waals surface area contributed by atoms with E-state index in [1.165, 1.54) is 14.2 Å². The zero-order chi connectivity index (χ0) is 12.2. The molecule has 0 heterocycles. The van der Waals surface area contributed by atoms with Gasteiger partial charge in [-0.05, 0) is 5.11 Å². The highest BCUT2D eigenvalue weighted by atomic mass is 16.6. The van der Waals surface area contributed by atoms with E-state index < -0.39 is 12.2 Å². The van der Waals surface area contributed by atoms with Crippen molar-refractivity contribution in [3.63, 3.8) is 0 Å². The third-order valence-corrected chi connectivity index (χ3v) is 1.27. The van der Waals surface area contributed by atoms with Gasteiger partial charge in [0.2, 0.25) is 0 Å². The lowest BCUT2D eigenvalue weighted by Gasteiger charge is -1.96. The van der Waals surface area contributed by atoms with Crippen LogP contribution in [0.3, 0.4) is 0 Å². The Labute approximate surface area is 92.5 Å². The van der Waals surface area contributed by atoms with Gasteiger partial charge in [0.15, 0.2) is 0 Å². The highest BCUT2D eigenvalue weighted by Crippen LogP contribution is 1.80. The molecule has 0 saturated carbocycles. The second-order valence-electron chi connectivity index (χ2n) is 2.46. The molecule has 2 amide bonds. The second-order valence-corrected chi connectivity index (χ2v) is 2.46. The Hall–Kier alpha value is -1.54. The number of methoxy groups -OCH3 is 2. The van der Waals surface area contributed by atoms with Gasteiger partial charge in [-0.3, -0.25) is 0 Å². The number of nitrogens with zero attached hydrogens (tertiary/aromatic N) is 1. The van der Waals surface area contributed by atoms with Crippen LogP contribution in [0.2, 0.25) is 0 Å². The van der Waals surface area contributed by atoms with Gasteiger partial charge in [0.05, 0.1) is 18.3 Å². The van der Waals surface area contributed by atoms with Crippen molar-refractivity contribution in [3.05, 3.63) is 0 Å². The maximum absolute atomic E-state index is 10.8. The fourth-order valence-electron chi connectivity index (χ4n) is 0.586. The number of rotatable bonds is 6. The molecule has 0 rings (SSSR count). The van der Waals surface area contributed by atoms with E-state index in [4.69, 9.17) is 0 Å². The summed E-state index contributed by atoms with van der Waals surface area (Å²) in [5.74, 6) is 0. The summed E-state index contributed by atoms with van der Waals surface area (Å²) in [4.78, 5) is 21.7. The van der Waals surface area contributed by atoms with E-state index >= 15 is 0 Å². The molecular formula is C8H15N2O6+. The first-order valence-corrected chi connectivity index (χ1v) is 4.48. The van der Waals surface area contributed by atoms with Gasteiger partial charge < -0.3 is 18.9 Å². The van der Waals surface area contributed by atoms with E-state index in [1.54, 1.807) is 0 Å². The van der Waals surface area contributed by atoms with E-state index in [1.807, 2.05) is 5.11 Å².